The van der Waals surface area contributed by atoms with Crippen LogP contribution in [0.3, 0.4) is 0 Å². The van der Waals surface area contributed by atoms with Crippen LogP contribution in [0, 0.1) is 28.6 Å². The van der Waals surface area contributed by atoms with Gasteiger partial charge in [-0.1, -0.05) is 37.1 Å². The summed E-state index contributed by atoms with van der Waals surface area (Å²) in [7, 11) is 0. The van der Waals surface area contributed by atoms with Crippen LogP contribution < -0.4 is 0 Å². The number of halogens is 2. The molecule has 138 valence electrons. The molecule has 4 aliphatic rings. The quantitative estimate of drug-likeness (QED) is 0.631. The van der Waals surface area contributed by atoms with Crippen LogP contribution in [0.4, 0.5) is 0 Å². The first-order valence-electron chi connectivity index (χ1n) is 9.64. The van der Waals surface area contributed by atoms with Gasteiger partial charge in [0.1, 0.15) is 5.60 Å². The fourth-order valence-corrected chi connectivity index (χ4v) is 7.61. The maximum absolute atomic E-state index is 11.9. The Kier molecular flexibility index (Phi) is 4.22. The van der Waals surface area contributed by atoms with Gasteiger partial charge >= 0.3 is 0 Å². The zero-order valence-electron chi connectivity index (χ0n) is 15.2. The Morgan fingerprint density at radius 1 is 1.20 bits per heavy atom. The van der Waals surface area contributed by atoms with Gasteiger partial charge in [-0.3, -0.25) is 4.79 Å². The van der Waals surface area contributed by atoms with Gasteiger partial charge < -0.3 is 5.11 Å². The van der Waals surface area contributed by atoms with Crippen LogP contribution >= 0.6 is 23.2 Å². The molecule has 1 unspecified atom stereocenters. The standard InChI is InChI=1S/C21H28Cl2O2/c1-19-9-7-14(24)11-13(19)3-4-15-16(19)8-10-20(2)17(15)5-6-18(23)21(20,25)12-22/h6,11,15-17,25H,3-5,7-10,12H2,1-2H3/t15-,16+,17+,19+,20+,21?/m1/s1. The third-order valence-electron chi connectivity index (χ3n) is 8.44. The van der Waals surface area contributed by atoms with Crippen LogP contribution in [0.15, 0.2) is 22.8 Å². The molecule has 2 fully saturated rings. The number of alkyl halides is 1. The molecule has 0 heterocycles. The molecule has 2 saturated carbocycles. The predicted molar refractivity (Wildman–Crippen MR) is 102 cm³/mol. The van der Waals surface area contributed by atoms with Crippen molar-refractivity contribution in [2.45, 2.75) is 64.4 Å². The molecule has 6 atom stereocenters. The van der Waals surface area contributed by atoms with E-state index in [4.69, 9.17) is 23.2 Å². The third kappa shape index (κ3) is 2.29. The predicted octanol–water partition coefficient (Wildman–Crippen LogP) is 5.22. The molecule has 0 aromatic heterocycles. The minimum Gasteiger partial charge on any atom is -0.382 e. The molecular formula is C21H28Cl2O2. The first kappa shape index (κ1) is 18.1. The van der Waals surface area contributed by atoms with Gasteiger partial charge in [0.05, 0.1) is 5.88 Å². The highest BCUT2D eigenvalue weighted by atomic mass is 35.5. The Morgan fingerprint density at radius 2 is 1.96 bits per heavy atom. The average molecular weight is 383 g/mol. The third-order valence-corrected chi connectivity index (χ3v) is 9.29. The Balaban J connectivity index is 1.73. The topological polar surface area (TPSA) is 37.3 Å². The maximum atomic E-state index is 11.9. The maximum Gasteiger partial charge on any atom is 0.155 e. The van der Waals surface area contributed by atoms with E-state index < -0.39 is 5.60 Å². The molecule has 0 spiro atoms. The summed E-state index contributed by atoms with van der Waals surface area (Å²) in [5.41, 5.74) is 0.167. The molecule has 0 bridgehead atoms. The van der Waals surface area contributed by atoms with Crippen LogP contribution in [-0.2, 0) is 4.79 Å². The molecule has 0 aromatic carbocycles. The lowest BCUT2D eigenvalue weighted by molar-refractivity contribution is -0.142. The molecule has 0 aromatic rings. The zero-order valence-corrected chi connectivity index (χ0v) is 16.7. The highest BCUT2D eigenvalue weighted by molar-refractivity contribution is 6.32. The van der Waals surface area contributed by atoms with Gasteiger partial charge in [-0.2, -0.15) is 0 Å². The van der Waals surface area contributed by atoms with Crippen molar-refractivity contribution >= 4 is 29.0 Å². The number of allylic oxidation sites excluding steroid dienone is 3. The fraction of sp³-hybridized carbons (Fsp3) is 0.762. The second kappa shape index (κ2) is 5.84. The van der Waals surface area contributed by atoms with Crippen LogP contribution in [0.1, 0.15) is 58.8 Å². The summed E-state index contributed by atoms with van der Waals surface area (Å²) in [6, 6.07) is 0. The lowest BCUT2D eigenvalue weighted by Gasteiger charge is -2.63. The fourth-order valence-electron chi connectivity index (χ4n) is 6.72. The van der Waals surface area contributed by atoms with Crippen LogP contribution in [0.25, 0.3) is 0 Å². The van der Waals surface area contributed by atoms with Crippen molar-refractivity contribution in [3.05, 3.63) is 22.8 Å². The number of aliphatic hydroxyl groups is 1. The molecule has 4 heteroatoms. The molecule has 0 saturated heterocycles. The average Bonchev–Trinajstić information content (AvgIpc) is 2.59. The van der Waals surface area contributed by atoms with E-state index in [0.29, 0.717) is 35.0 Å². The number of carbonyl (C=O) groups is 1. The summed E-state index contributed by atoms with van der Waals surface area (Å²) in [6.45, 7) is 4.58. The highest BCUT2D eigenvalue weighted by Gasteiger charge is 2.62. The molecule has 0 aliphatic heterocycles. The molecule has 1 N–H and O–H groups in total. The van der Waals surface area contributed by atoms with Crippen molar-refractivity contribution in [1.29, 1.82) is 0 Å². The summed E-state index contributed by atoms with van der Waals surface area (Å²) in [5.74, 6) is 2.04. The Morgan fingerprint density at radius 3 is 2.68 bits per heavy atom. The van der Waals surface area contributed by atoms with Gasteiger partial charge in [0.2, 0.25) is 0 Å². The Hall–Kier alpha value is -0.310. The number of carbonyl (C=O) groups excluding carboxylic acids is 1. The van der Waals surface area contributed by atoms with Gasteiger partial charge in [-0.15, -0.1) is 11.6 Å². The number of rotatable bonds is 1. The second-order valence-electron chi connectivity index (χ2n) is 9.21. The van der Waals surface area contributed by atoms with Gasteiger partial charge in [-0.05, 0) is 67.8 Å². The van der Waals surface area contributed by atoms with E-state index in [1.807, 2.05) is 12.2 Å². The Bertz CT molecular complexity index is 669. The second-order valence-corrected chi connectivity index (χ2v) is 9.88. The van der Waals surface area contributed by atoms with E-state index >= 15 is 0 Å². The van der Waals surface area contributed by atoms with E-state index in [1.54, 1.807) is 0 Å². The molecule has 0 radical (unpaired) electrons. The van der Waals surface area contributed by atoms with Crippen molar-refractivity contribution in [2.75, 3.05) is 5.88 Å². The summed E-state index contributed by atoms with van der Waals surface area (Å²) in [6.07, 6.45) is 10.7. The van der Waals surface area contributed by atoms with Crippen molar-refractivity contribution in [2.24, 2.45) is 28.6 Å². The number of hydrogen-bond acceptors (Lipinski definition) is 2. The molecule has 0 amide bonds. The lowest BCUT2D eigenvalue weighted by atomic mass is 9.43. The van der Waals surface area contributed by atoms with E-state index in [0.717, 1.165) is 38.5 Å². The minimum absolute atomic E-state index is 0.155. The summed E-state index contributed by atoms with van der Waals surface area (Å²) in [5, 5.41) is 11.9. The van der Waals surface area contributed by atoms with Gasteiger partial charge in [0.25, 0.3) is 0 Å². The minimum atomic E-state index is -1.11. The molecule has 4 aliphatic carbocycles. The summed E-state index contributed by atoms with van der Waals surface area (Å²) >= 11 is 12.7. The largest absolute Gasteiger partial charge is 0.382 e. The van der Waals surface area contributed by atoms with Gasteiger partial charge in [-0.25, -0.2) is 0 Å². The van der Waals surface area contributed by atoms with Crippen molar-refractivity contribution < 1.29 is 9.90 Å². The molecule has 25 heavy (non-hydrogen) atoms. The van der Waals surface area contributed by atoms with Crippen LogP contribution in [0.2, 0.25) is 0 Å². The van der Waals surface area contributed by atoms with Crippen LogP contribution in [-0.4, -0.2) is 22.4 Å². The Labute approximate surface area is 160 Å². The molecule has 2 nitrogen and oxygen atoms in total. The normalized spacial score (nSPS) is 49.5. The zero-order chi connectivity index (χ0) is 18.0. The van der Waals surface area contributed by atoms with Gasteiger partial charge in [0.15, 0.2) is 5.78 Å². The lowest BCUT2D eigenvalue weighted by Crippen LogP contribution is -2.61. The van der Waals surface area contributed by atoms with E-state index in [1.165, 1.54) is 5.57 Å². The number of fused-ring (bicyclic) bond motifs is 5. The summed E-state index contributed by atoms with van der Waals surface area (Å²) < 4.78 is 0. The SMILES string of the molecule is C[C@]12CCC(=O)C=C1CC[C@@H]1[C@@H]2CC[C@@]2(C)[C@H]1CC=C(Cl)C2(O)CCl. The first-order valence-corrected chi connectivity index (χ1v) is 10.6. The first-order chi connectivity index (χ1) is 11.8. The summed E-state index contributed by atoms with van der Waals surface area (Å²) in [4.78, 5) is 11.9. The number of ketones is 1. The monoisotopic (exact) mass is 382 g/mol. The molecular weight excluding hydrogens is 355 g/mol. The molecule has 4 rings (SSSR count). The van der Waals surface area contributed by atoms with Crippen molar-refractivity contribution in [3.8, 4) is 0 Å². The van der Waals surface area contributed by atoms with Crippen LogP contribution in [0.5, 0.6) is 0 Å². The van der Waals surface area contributed by atoms with Crippen molar-refractivity contribution in [3.63, 3.8) is 0 Å². The van der Waals surface area contributed by atoms with Crippen molar-refractivity contribution in [1.82, 2.24) is 0 Å². The van der Waals surface area contributed by atoms with E-state index in [-0.39, 0.29) is 16.7 Å². The van der Waals surface area contributed by atoms with E-state index in [2.05, 4.69) is 13.8 Å². The van der Waals surface area contributed by atoms with Gasteiger partial charge in [0, 0.05) is 16.9 Å². The van der Waals surface area contributed by atoms with E-state index in [9.17, 15) is 9.90 Å². The highest BCUT2D eigenvalue weighted by Crippen LogP contribution is 2.66. The number of hydrogen-bond donors (Lipinski definition) is 1. The smallest absolute Gasteiger partial charge is 0.155 e.